The van der Waals surface area contributed by atoms with E-state index in [1.807, 2.05) is 0 Å². The van der Waals surface area contributed by atoms with E-state index in [1.54, 1.807) is 0 Å². The van der Waals surface area contributed by atoms with Gasteiger partial charge in [-0.3, -0.25) is 4.90 Å². The largest absolute Gasteiger partial charge is 0.377 e. The van der Waals surface area contributed by atoms with Crippen molar-refractivity contribution in [2.45, 2.75) is 76.4 Å². The lowest BCUT2D eigenvalue weighted by Crippen LogP contribution is -2.44. The lowest BCUT2D eigenvalue weighted by atomic mass is 9.83. The highest BCUT2D eigenvalue weighted by atomic mass is 16.5. The molecular weight excluding hydrogens is 260 g/mol. The summed E-state index contributed by atoms with van der Waals surface area (Å²) in [5.41, 5.74) is 0. The van der Waals surface area contributed by atoms with E-state index < -0.39 is 0 Å². The van der Waals surface area contributed by atoms with Crippen molar-refractivity contribution in [2.24, 2.45) is 5.92 Å². The molecule has 1 saturated heterocycles. The van der Waals surface area contributed by atoms with E-state index in [0.29, 0.717) is 6.10 Å². The standard InChI is InChI=1S/C18H34N2O/c1-2-7-16(8-3-1)18-15-20(12-6-11-19-18)13-14-21-17-9-4-5-10-17/h16-19H,1-15H2. The van der Waals surface area contributed by atoms with Crippen LogP contribution in [0.15, 0.2) is 0 Å². The monoisotopic (exact) mass is 294 g/mol. The Hall–Kier alpha value is -0.120. The van der Waals surface area contributed by atoms with Crippen LogP contribution >= 0.6 is 0 Å². The first-order chi connectivity index (χ1) is 10.4. The smallest absolute Gasteiger partial charge is 0.0597 e. The van der Waals surface area contributed by atoms with Crippen LogP contribution in [-0.2, 0) is 4.74 Å². The first-order valence-corrected chi connectivity index (χ1v) is 9.49. The fourth-order valence-electron chi connectivity index (χ4n) is 4.48. The van der Waals surface area contributed by atoms with E-state index >= 15 is 0 Å². The van der Waals surface area contributed by atoms with Crippen LogP contribution in [0.3, 0.4) is 0 Å². The molecule has 3 heteroatoms. The molecule has 122 valence electrons. The van der Waals surface area contributed by atoms with Crippen molar-refractivity contribution in [1.29, 1.82) is 0 Å². The van der Waals surface area contributed by atoms with Crippen molar-refractivity contribution >= 4 is 0 Å². The van der Waals surface area contributed by atoms with Crippen LogP contribution in [0.4, 0.5) is 0 Å². The molecule has 2 saturated carbocycles. The highest BCUT2D eigenvalue weighted by Crippen LogP contribution is 2.27. The predicted octanol–water partition coefficient (Wildman–Crippen LogP) is 3.19. The maximum atomic E-state index is 6.07. The van der Waals surface area contributed by atoms with Crippen LogP contribution in [0, 0.1) is 5.92 Å². The van der Waals surface area contributed by atoms with Gasteiger partial charge in [0, 0.05) is 19.1 Å². The van der Waals surface area contributed by atoms with Crippen LogP contribution in [-0.4, -0.2) is 49.8 Å². The maximum Gasteiger partial charge on any atom is 0.0597 e. The average Bonchev–Trinajstić information content (AvgIpc) is 2.93. The van der Waals surface area contributed by atoms with Gasteiger partial charge in [0.25, 0.3) is 0 Å². The van der Waals surface area contributed by atoms with Crippen LogP contribution in [0.25, 0.3) is 0 Å². The average molecular weight is 294 g/mol. The van der Waals surface area contributed by atoms with Crippen molar-refractivity contribution in [3.8, 4) is 0 Å². The number of hydrogen-bond acceptors (Lipinski definition) is 3. The fourth-order valence-corrected chi connectivity index (χ4v) is 4.48. The van der Waals surface area contributed by atoms with Gasteiger partial charge in [0.05, 0.1) is 12.7 Å². The van der Waals surface area contributed by atoms with Crippen molar-refractivity contribution in [2.75, 3.05) is 32.8 Å². The van der Waals surface area contributed by atoms with E-state index in [-0.39, 0.29) is 0 Å². The Labute approximate surface area is 130 Å². The van der Waals surface area contributed by atoms with Crippen LogP contribution in [0.2, 0.25) is 0 Å². The Kier molecular flexibility index (Phi) is 6.38. The zero-order valence-electron chi connectivity index (χ0n) is 13.7. The molecule has 3 aliphatic rings. The molecule has 1 heterocycles. The normalized spacial score (nSPS) is 30.6. The second kappa shape index (κ2) is 8.50. The lowest BCUT2D eigenvalue weighted by Gasteiger charge is -2.33. The molecule has 0 amide bonds. The van der Waals surface area contributed by atoms with Gasteiger partial charge in [0.1, 0.15) is 0 Å². The third-order valence-corrected chi connectivity index (χ3v) is 5.79. The third kappa shape index (κ3) is 4.94. The van der Waals surface area contributed by atoms with Gasteiger partial charge >= 0.3 is 0 Å². The molecule has 2 aliphatic carbocycles. The quantitative estimate of drug-likeness (QED) is 0.843. The topological polar surface area (TPSA) is 24.5 Å². The van der Waals surface area contributed by atoms with Gasteiger partial charge in [-0.15, -0.1) is 0 Å². The lowest BCUT2D eigenvalue weighted by molar-refractivity contribution is 0.0401. The molecule has 0 bridgehead atoms. The summed E-state index contributed by atoms with van der Waals surface area (Å²) in [5, 5.41) is 3.83. The Balaban J connectivity index is 1.40. The Morgan fingerprint density at radius 3 is 2.48 bits per heavy atom. The second-order valence-electron chi connectivity index (χ2n) is 7.39. The van der Waals surface area contributed by atoms with Crippen LogP contribution in [0.1, 0.15) is 64.2 Å². The molecule has 0 radical (unpaired) electrons. The third-order valence-electron chi connectivity index (χ3n) is 5.79. The number of hydrogen-bond donors (Lipinski definition) is 1. The van der Waals surface area contributed by atoms with Gasteiger partial charge in [-0.05, 0) is 51.1 Å². The van der Waals surface area contributed by atoms with E-state index in [1.165, 1.54) is 83.8 Å². The summed E-state index contributed by atoms with van der Waals surface area (Å²) in [6.07, 6.45) is 14.5. The zero-order valence-corrected chi connectivity index (χ0v) is 13.7. The molecule has 0 spiro atoms. The van der Waals surface area contributed by atoms with Gasteiger partial charge in [0.2, 0.25) is 0 Å². The summed E-state index contributed by atoms with van der Waals surface area (Å²) in [6, 6.07) is 0.735. The Bertz CT molecular complexity index is 285. The summed E-state index contributed by atoms with van der Waals surface area (Å²) in [7, 11) is 0. The molecule has 1 N–H and O–H groups in total. The number of ether oxygens (including phenoxy) is 1. The SMILES string of the molecule is C1CCC(C2CN(CCOC3CCCC3)CCCN2)CC1. The zero-order chi connectivity index (χ0) is 14.3. The van der Waals surface area contributed by atoms with Crippen molar-refractivity contribution in [3.05, 3.63) is 0 Å². The summed E-state index contributed by atoms with van der Waals surface area (Å²) in [5.74, 6) is 0.926. The van der Waals surface area contributed by atoms with E-state index in [2.05, 4.69) is 10.2 Å². The fraction of sp³-hybridized carbons (Fsp3) is 1.00. The minimum Gasteiger partial charge on any atom is -0.377 e. The predicted molar refractivity (Wildman–Crippen MR) is 87.6 cm³/mol. The first-order valence-electron chi connectivity index (χ1n) is 9.49. The second-order valence-corrected chi connectivity index (χ2v) is 7.39. The van der Waals surface area contributed by atoms with Gasteiger partial charge in [-0.25, -0.2) is 0 Å². The minimum absolute atomic E-state index is 0.573. The first kappa shape index (κ1) is 15.8. The van der Waals surface area contributed by atoms with Gasteiger partial charge in [0.15, 0.2) is 0 Å². The highest BCUT2D eigenvalue weighted by Gasteiger charge is 2.26. The number of nitrogens with zero attached hydrogens (tertiary/aromatic N) is 1. The van der Waals surface area contributed by atoms with E-state index in [9.17, 15) is 0 Å². The van der Waals surface area contributed by atoms with E-state index in [0.717, 1.165) is 25.1 Å². The minimum atomic E-state index is 0.573. The molecule has 0 aromatic rings. The molecule has 3 nitrogen and oxygen atoms in total. The summed E-state index contributed by atoms with van der Waals surface area (Å²) < 4.78 is 6.07. The van der Waals surface area contributed by atoms with E-state index in [4.69, 9.17) is 4.74 Å². The molecule has 21 heavy (non-hydrogen) atoms. The molecule has 1 unspecified atom stereocenters. The molecular formula is C18H34N2O. The molecule has 0 aromatic heterocycles. The number of nitrogens with one attached hydrogen (secondary N) is 1. The maximum absolute atomic E-state index is 6.07. The number of rotatable bonds is 5. The summed E-state index contributed by atoms with van der Waals surface area (Å²) in [6.45, 7) is 5.80. The Morgan fingerprint density at radius 2 is 1.67 bits per heavy atom. The molecule has 3 fully saturated rings. The van der Waals surface area contributed by atoms with Gasteiger partial charge < -0.3 is 10.1 Å². The van der Waals surface area contributed by atoms with Crippen molar-refractivity contribution < 1.29 is 4.74 Å². The Morgan fingerprint density at radius 1 is 0.905 bits per heavy atom. The van der Waals surface area contributed by atoms with Crippen molar-refractivity contribution in [3.63, 3.8) is 0 Å². The van der Waals surface area contributed by atoms with Crippen LogP contribution < -0.4 is 5.32 Å². The summed E-state index contributed by atoms with van der Waals surface area (Å²) in [4.78, 5) is 2.66. The van der Waals surface area contributed by atoms with Gasteiger partial charge in [-0.2, -0.15) is 0 Å². The molecule has 1 atom stereocenters. The molecule has 3 rings (SSSR count). The van der Waals surface area contributed by atoms with Crippen LogP contribution in [0.5, 0.6) is 0 Å². The molecule has 0 aromatic carbocycles. The summed E-state index contributed by atoms with van der Waals surface area (Å²) >= 11 is 0. The highest BCUT2D eigenvalue weighted by molar-refractivity contribution is 4.84. The van der Waals surface area contributed by atoms with Crippen molar-refractivity contribution in [1.82, 2.24) is 10.2 Å². The van der Waals surface area contributed by atoms with Gasteiger partial charge in [-0.1, -0.05) is 32.1 Å². The molecule has 1 aliphatic heterocycles.